The maximum atomic E-state index is 12.9. The van der Waals surface area contributed by atoms with Crippen molar-refractivity contribution in [2.45, 2.75) is 25.3 Å². The third-order valence-corrected chi connectivity index (χ3v) is 7.59. The lowest BCUT2D eigenvalue weighted by Gasteiger charge is -2.07. The molecule has 0 bridgehead atoms. The van der Waals surface area contributed by atoms with Crippen LogP contribution in [0.25, 0.3) is 10.2 Å². The molecule has 1 amide bonds. The van der Waals surface area contributed by atoms with Gasteiger partial charge in [0.2, 0.25) is 0 Å². The smallest absolute Gasteiger partial charge is 0.326 e. The molecule has 10 heteroatoms. The Balaban J connectivity index is 2.17. The van der Waals surface area contributed by atoms with Gasteiger partial charge in [0.15, 0.2) is 14.6 Å². The molecule has 0 radical (unpaired) electrons. The number of ether oxygens (including phenoxy) is 1. The number of carbonyl (C=O) groups excluding carboxylic acids is 2. The van der Waals surface area contributed by atoms with Crippen LogP contribution in [0.3, 0.4) is 0 Å². The Morgan fingerprint density at radius 2 is 1.90 bits per heavy atom. The highest BCUT2D eigenvalue weighted by atomic mass is 79.9. The van der Waals surface area contributed by atoms with Gasteiger partial charge >= 0.3 is 5.97 Å². The summed E-state index contributed by atoms with van der Waals surface area (Å²) in [5, 5.41) is 0. The first kappa shape index (κ1) is 22.4. The Bertz CT molecular complexity index is 1290. The van der Waals surface area contributed by atoms with E-state index in [1.165, 1.54) is 30.4 Å². The maximum Gasteiger partial charge on any atom is 0.326 e. The number of hydrogen-bond donors (Lipinski definition) is 0. The third kappa shape index (κ3) is 4.71. The molecule has 7 nitrogen and oxygen atoms in total. The van der Waals surface area contributed by atoms with Crippen LogP contribution in [0.2, 0.25) is 0 Å². The second-order valence-corrected chi connectivity index (χ2v) is 10.4. The molecular weight excluding hydrogens is 492 g/mol. The first-order valence-electron chi connectivity index (χ1n) is 9.12. The van der Waals surface area contributed by atoms with Crippen LogP contribution in [0.1, 0.15) is 24.2 Å². The highest BCUT2D eigenvalue weighted by molar-refractivity contribution is 9.10. The Morgan fingerprint density at radius 3 is 2.60 bits per heavy atom. The minimum atomic E-state index is -3.60. The summed E-state index contributed by atoms with van der Waals surface area (Å²) in [5.41, 5.74) is 0.720. The number of benzene rings is 2. The van der Waals surface area contributed by atoms with Crippen molar-refractivity contribution < 1.29 is 22.7 Å². The number of hydrogen-bond acceptors (Lipinski definition) is 6. The fourth-order valence-electron chi connectivity index (χ4n) is 2.84. The second-order valence-electron chi connectivity index (χ2n) is 6.20. The predicted octanol–water partition coefficient (Wildman–Crippen LogP) is 3.56. The van der Waals surface area contributed by atoms with Gasteiger partial charge in [0, 0.05) is 4.47 Å². The topological polar surface area (TPSA) is 94.8 Å². The molecule has 0 saturated heterocycles. The molecule has 3 aromatic rings. The largest absolute Gasteiger partial charge is 0.465 e. The third-order valence-electron chi connectivity index (χ3n) is 4.27. The molecule has 0 unspecified atom stereocenters. The molecule has 2 aromatic carbocycles. The number of thiazole rings is 1. The minimum Gasteiger partial charge on any atom is -0.465 e. The second kappa shape index (κ2) is 9.23. The summed E-state index contributed by atoms with van der Waals surface area (Å²) in [6.45, 7) is 3.35. The number of carbonyl (C=O) groups is 2. The van der Waals surface area contributed by atoms with Crippen molar-refractivity contribution in [2.75, 3.05) is 12.4 Å². The molecule has 0 saturated carbocycles. The van der Waals surface area contributed by atoms with E-state index in [-0.39, 0.29) is 34.2 Å². The monoisotopic (exact) mass is 510 g/mol. The maximum absolute atomic E-state index is 12.9. The Hall–Kier alpha value is -2.30. The van der Waals surface area contributed by atoms with Gasteiger partial charge in [-0.25, -0.2) is 8.42 Å². The van der Waals surface area contributed by atoms with Crippen molar-refractivity contribution in [3.05, 3.63) is 57.3 Å². The van der Waals surface area contributed by atoms with E-state index in [0.29, 0.717) is 0 Å². The SMILES string of the molecule is CCOC(=O)Cn1c(=NC(=O)c2ccccc2S(=O)(=O)CC)sc2cc(Br)ccc21. The molecule has 158 valence electrons. The van der Waals surface area contributed by atoms with E-state index in [2.05, 4.69) is 20.9 Å². The summed E-state index contributed by atoms with van der Waals surface area (Å²) >= 11 is 4.64. The summed E-state index contributed by atoms with van der Waals surface area (Å²) in [4.78, 5) is 29.4. The molecule has 1 aromatic heterocycles. The summed E-state index contributed by atoms with van der Waals surface area (Å²) in [5.74, 6) is -1.27. The first-order chi connectivity index (χ1) is 14.3. The van der Waals surface area contributed by atoms with Crippen LogP contribution in [-0.4, -0.2) is 37.2 Å². The number of rotatable bonds is 6. The number of amides is 1. The van der Waals surface area contributed by atoms with E-state index in [1.54, 1.807) is 23.6 Å². The van der Waals surface area contributed by atoms with Crippen molar-refractivity contribution in [3.63, 3.8) is 0 Å². The average molecular weight is 511 g/mol. The molecule has 3 rings (SSSR count). The van der Waals surface area contributed by atoms with Crippen LogP contribution >= 0.6 is 27.3 Å². The predicted molar refractivity (Wildman–Crippen MR) is 118 cm³/mol. The molecule has 1 heterocycles. The summed E-state index contributed by atoms with van der Waals surface area (Å²) in [7, 11) is -3.60. The van der Waals surface area contributed by atoms with E-state index in [0.717, 1.165) is 14.7 Å². The first-order valence-corrected chi connectivity index (χ1v) is 12.4. The number of fused-ring (bicyclic) bond motifs is 1. The molecule has 0 aliphatic rings. The molecular formula is C20H19BrN2O5S2. The fourth-order valence-corrected chi connectivity index (χ4v) is 5.50. The zero-order valence-corrected chi connectivity index (χ0v) is 19.5. The number of aromatic nitrogens is 1. The average Bonchev–Trinajstić information content (AvgIpc) is 3.04. The van der Waals surface area contributed by atoms with Crippen LogP contribution < -0.4 is 4.80 Å². The van der Waals surface area contributed by atoms with Crippen LogP contribution in [0.4, 0.5) is 0 Å². The van der Waals surface area contributed by atoms with E-state index < -0.39 is 21.7 Å². The van der Waals surface area contributed by atoms with E-state index in [1.807, 2.05) is 18.2 Å². The minimum absolute atomic E-state index is 0.000622. The van der Waals surface area contributed by atoms with Crippen LogP contribution in [0.15, 0.2) is 56.8 Å². The van der Waals surface area contributed by atoms with E-state index in [4.69, 9.17) is 4.74 Å². The van der Waals surface area contributed by atoms with Crippen molar-refractivity contribution in [1.29, 1.82) is 0 Å². The molecule has 0 fully saturated rings. The molecule has 0 atom stereocenters. The Kier molecular flexibility index (Phi) is 6.89. The number of nitrogens with zero attached hydrogens (tertiary/aromatic N) is 2. The number of halogens is 1. The normalized spacial score (nSPS) is 12.3. The molecule has 0 aliphatic carbocycles. The van der Waals surface area contributed by atoms with Crippen molar-refractivity contribution in [1.82, 2.24) is 4.57 Å². The molecule has 30 heavy (non-hydrogen) atoms. The van der Waals surface area contributed by atoms with Gasteiger partial charge in [0.25, 0.3) is 5.91 Å². The number of sulfone groups is 1. The summed E-state index contributed by atoms with van der Waals surface area (Å²) in [6, 6.07) is 11.5. The van der Waals surface area contributed by atoms with Crippen LogP contribution in [0.5, 0.6) is 0 Å². The zero-order valence-electron chi connectivity index (χ0n) is 16.3. The Labute approximate surface area is 186 Å². The number of esters is 1. The molecule has 0 N–H and O–H groups in total. The van der Waals surface area contributed by atoms with Gasteiger partial charge in [-0.2, -0.15) is 4.99 Å². The van der Waals surface area contributed by atoms with Crippen molar-refractivity contribution >= 4 is 59.2 Å². The van der Waals surface area contributed by atoms with Crippen LogP contribution in [0, 0.1) is 0 Å². The Morgan fingerprint density at radius 1 is 1.17 bits per heavy atom. The van der Waals surface area contributed by atoms with Crippen molar-refractivity contribution in [3.8, 4) is 0 Å². The summed E-state index contributed by atoms with van der Waals surface area (Å²) < 4.78 is 33.1. The van der Waals surface area contributed by atoms with Gasteiger partial charge in [-0.05, 0) is 37.3 Å². The highest BCUT2D eigenvalue weighted by Gasteiger charge is 2.21. The lowest BCUT2D eigenvalue weighted by Crippen LogP contribution is -2.23. The van der Waals surface area contributed by atoms with Gasteiger partial charge in [-0.1, -0.05) is 46.3 Å². The zero-order chi connectivity index (χ0) is 21.9. The lowest BCUT2D eigenvalue weighted by molar-refractivity contribution is -0.143. The van der Waals surface area contributed by atoms with Gasteiger partial charge in [-0.15, -0.1) is 0 Å². The van der Waals surface area contributed by atoms with Gasteiger partial charge < -0.3 is 9.30 Å². The molecule has 0 aliphatic heterocycles. The summed E-state index contributed by atoms with van der Waals surface area (Å²) in [6.07, 6.45) is 0. The molecule has 0 spiro atoms. The van der Waals surface area contributed by atoms with Crippen molar-refractivity contribution in [2.24, 2.45) is 4.99 Å². The van der Waals surface area contributed by atoms with Gasteiger partial charge in [-0.3, -0.25) is 9.59 Å². The standard InChI is InChI=1S/C20H19BrN2O5S2/c1-3-28-18(24)12-23-15-10-9-13(21)11-16(15)29-20(23)22-19(25)14-7-5-6-8-17(14)30(26,27)4-2/h5-11H,3-4,12H2,1-2H3. The highest BCUT2D eigenvalue weighted by Crippen LogP contribution is 2.23. The lowest BCUT2D eigenvalue weighted by atomic mass is 10.2. The van der Waals surface area contributed by atoms with Crippen LogP contribution in [-0.2, 0) is 25.9 Å². The van der Waals surface area contributed by atoms with Gasteiger partial charge in [0.05, 0.1) is 33.0 Å². The van der Waals surface area contributed by atoms with E-state index >= 15 is 0 Å². The van der Waals surface area contributed by atoms with E-state index in [9.17, 15) is 18.0 Å². The fraction of sp³-hybridized carbons (Fsp3) is 0.250. The van der Waals surface area contributed by atoms with Gasteiger partial charge in [0.1, 0.15) is 6.54 Å². The quantitative estimate of drug-likeness (QED) is 0.472.